The molecular weight excluding hydrogens is 466 g/mol. The van der Waals surface area contributed by atoms with Crippen molar-refractivity contribution in [2.75, 3.05) is 6.61 Å². The molecule has 1 heterocycles. The lowest BCUT2D eigenvalue weighted by Crippen LogP contribution is -2.27. The third kappa shape index (κ3) is 5.26. The van der Waals surface area contributed by atoms with Crippen LogP contribution in [0.25, 0.3) is 6.08 Å². The summed E-state index contributed by atoms with van der Waals surface area (Å²) in [6.07, 6.45) is 2.68. The summed E-state index contributed by atoms with van der Waals surface area (Å²) in [4.78, 5) is 26.9. The van der Waals surface area contributed by atoms with E-state index >= 15 is 0 Å². The largest absolute Gasteiger partial charge is 0.490 e. The number of carbonyl (C=O) groups is 2. The lowest BCUT2D eigenvalue weighted by Gasteiger charge is -2.16. The van der Waals surface area contributed by atoms with Gasteiger partial charge in [0, 0.05) is 4.47 Å². The van der Waals surface area contributed by atoms with E-state index in [0.717, 1.165) is 33.8 Å². The van der Waals surface area contributed by atoms with Gasteiger partial charge in [0.1, 0.15) is 0 Å². The Labute approximate surface area is 189 Å². The van der Waals surface area contributed by atoms with Crippen LogP contribution < -0.4 is 9.47 Å². The molecule has 2 aromatic rings. The molecule has 1 aliphatic rings. The molecule has 2 aromatic carbocycles. The number of halogens is 1. The molecule has 0 bridgehead atoms. The van der Waals surface area contributed by atoms with Crippen LogP contribution in [0.2, 0.25) is 0 Å². The van der Waals surface area contributed by atoms with Gasteiger partial charge in [0.2, 0.25) is 0 Å². The van der Waals surface area contributed by atoms with E-state index in [2.05, 4.69) is 22.9 Å². The zero-order chi connectivity index (χ0) is 21.7. The summed E-state index contributed by atoms with van der Waals surface area (Å²) in [5.41, 5.74) is 1.66. The SMILES string of the molecule is CCOc1cc(/C=C2/SC(=O)N(Cc3ccccc3Br)C2=O)ccc1O[C@H](C)CC. The minimum Gasteiger partial charge on any atom is -0.490 e. The van der Waals surface area contributed by atoms with Crippen LogP contribution in [0.15, 0.2) is 51.8 Å². The Morgan fingerprint density at radius 3 is 2.60 bits per heavy atom. The van der Waals surface area contributed by atoms with Crippen molar-refractivity contribution in [1.82, 2.24) is 4.90 Å². The van der Waals surface area contributed by atoms with Gasteiger partial charge < -0.3 is 9.47 Å². The van der Waals surface area contributed by atoms with Gasteiger partial charge in [-0.15, -0.1) is 0 Å². The first-order valence-electron chi connectivity index (χ1n) is 9.85. The Bertz CT molecular complexity index is 975. The molecule has 1 fully saturated rings. The first-order chi connectivity index (χ1) is 14.4. The summed E-state index contributed by atoms with van der Waals surface area (Å²) < 4.78 is 12.5. The summed E-state index contributed by atoms with van der Waals surface area (Å²) in [6, 6.07) is 13.1. The highest BCUT2D eigenvalue weighted by Gasteiger charge is 2.35. The summed E-state index contributed by atoms with van der Waals surface area (Å²) in [5.74, 6) is 1.00. The molecule has 1 aliphatic heterocycles. The van der Waals surface area contributed by atoms with Gasteiger partial charge in [-0.25, -0.2) is 0 Å². The lowest BCUT2D eigenvalue weighted by molar-refractivity contribution is -0.123. The smallest absolute Gasteiger partial charge is 0.293 e. The van der Waals surface area contributed by atoms with Gasteiger partial charge in [-0.2, -0.15) is 0 Å². The Kier molecular flexibility index (Phi) is 7.61. The van der Waals surface area contributed by atoms with E-state index in [-0.39, 0.29) is 23.8 Å². The van der Waals surface area contributed by atoms with Crippen LogP contribution in [-0.2, 0) is 11.3 Å². The fraction of sp³-hybridized carbons (Fsp3) is 0.304. The molecule has 0 saturated carbocycles. The molecule has 158 valence electrons. The van der Waals surface area contributed by atoms with E-state index in [1.165, 1.54) is 4.90 Å². The van der Waals surface area contributed by atoms with E-state index in [1.807, 2.05) is 56.3 Å². The van der Waals surface area contributed by atoms with Crippen molar-refractivity contribution in [3.8, 4) is 11.5 Å². The van der Waals surface area contributed by atoms with Crippen molar-refractivity contribution in [3.63, 3.8) is 0 Å². The third-order valence-corrected chi connectivity index (χ3v) is 6.31. The number of amides is 2. The van der Waals surface area contributed by atoms with E-state index in [9.17, 15) is 9.59 Å². The van der Waals surface area contributed by atoms with Crippen LogP contribution in [-0.4, -0.2) is 28.8 Å². The molecule has 2 amide bonds. The summed E-state index contributed by atoms with van der Waals surface area (Å²) in [5, 5.41) is -0.274. The van der Waals surface area contributed by atoms with Gasteiger partial charge in [0.15, 0.2) is 11.5 Å². The molecule has 1 saturated heterocycles. The van der Waals surface area contributed by atoms with Crippen LogP contribution >= 0.6 is 27.7 Å². The van der Waals surface area contributed by atoms with Crippen LogP contribution in [0.5, 0.6) is 11.5 Å². The Morgan fingerprint density at radius 2 is 1.90 bits per heavy atom. The highest BCUT2D eigenvalue weighted by Crippen LogP contribution is 2.36. The molecule has 3 rings (SSSR count). The minimum atomic E-state index is -0.293. The first kappa shape index (κ1) is 22.4. The zero-order valence-electron chi connectivity index (χ0n) is 17.2. The Morgan fingerprint density at radius 1 is 1.13 bits per heavy atom. The van der Waals surface area contributed by atoms with Crippen molar-refractivity contribution in [2.24, 2.45) is 0 Å². The number of imide groups is 1. The average Bonchev–Trinajstić information content (AvgIpc) is 2.99. The van der Waals surface area contributed by atoms with Crippen molar-refractivity contribution in [3.05, 3.63) is 63.0 Å². The maximum atomic E-state index is 12.8. The number of nitrogens with zero attached hydrogens (tertiary/aromatic N) is 1. The van der Waals surface area contributed by atoms with Gasteiger partial charge in [-0.05, 0) is 67.4 Å². The highest BCUT2D eigenvalue weighted by atomic mass is 79.9. The molecule has 0 unspecified atom stereocenters. The average molecular weight is 490 g/mol. The van der Waals surface area contributed by atoms with Crippen LogP contribution in [0.3, 0.4) is 0 Å². The Hall–Kier alpha value is -2.25. The molecule has 0 aromatic heterocycles. The standard InChI is InChI=1S/C23H24BrNO4S/c1-4-15(3)29-19-11-10-16(12-20(19)28-5-2)13-21-22(26)25(23(27)30-21)14-17-8-6-7-9-18(17)24/h6-13,15H,4-5,14H2,1-3H3/b21-13+/t15-/m1/s1. The van der Waals surface area contributed by atoms with E-state index in [4.69, 9.17) is 9.47 Å². The number of thioether (sulfide) groups is 1. The second-order valence-electron chi connectivity index (χ2n) is 6.84. The molecule has 0 radical (unpaired) electrons. The number of ether oxygens (including phenoxy) is 2. The second-order valence-corrected chi connectivity index (χ2v) is 8.68. The van der Waals surface area contributed by atoms with Crippen LogP contribution in [0, 0.1) is 0 Å². The number of carbonyl (C=O) groups excluding carboxylic acids is 2. The summed E-state index contributed by atoms with van der Waals surface area (Å²) in [6.45, 7) is 6.71. The lowest BCUT2D eigenvalue weighted by atomic mass is 10.1. The highest BCUT2D eigenvalue weighted by molar-refractivity contribution is 9.10. The van der Waals surface area contributed by atoms with Gasteiger partial charge in [0.25, 0.3) is 11.1 Å². The molecular formula is C23H24BrNO4S. The van der Waals surface area contributed by atoms with Crippen LogP contribution in [0.4, 0.5) is 4.79 Å². The monoisotopic (exact) mass is 489 g/mol. The normalized spacial score (nSPS) is 16.3. The van der Waals surface area contributed by atoms with E-state index in [1.54, 1.807) is 6.08 Å². The number of hydrogen-bond acceptors (Lipinski definition) is 5. The first-order valence-corrected chi connectivity index (χ1v) is 11.5. The predicted molar refractivity (Wildman–Crippen MR) is 124 cm³/mol. The molecule has 0 spiro atoms. The van der Waals surface area contributed by atoms with Gasteiger partial charge in [-0.1, -0.05) is 47.1 Å². The number of benzene rings is 2. The summed E-state index contributed by atoms with van der Waals surface area (Å²) in [7, 11) is 0. The van der Waals surface area contributed by atoms with Crippen molar-refractivity contribution < 1.29 is 19.1 Å². The van der Waals surface area contributed by atoms with Crippen LogP contribution in [0.1, 0.15) is 38.3 Å². The molecule has 5 nitrogen and oxygen atoms in total. The molecule has 0 N–H and O–H groups in total. The maximum absolute atomic E-state index is 12.8. The van der Waals surface area contributed by atoms with Crippen molar-refractivity contribution in [1.29, 1.82) is 0 Å². The summed E-state index contributed by atoms with van der Waals surface area (Å²) >= 11 is 4.42. The molecule has 30 heavy (non-hydrogen) atoms. The second kappa shape index (κ2) is 10.2. The Balaban J connectivity index is 1.82. The molecule has 0 aliphatic carbocycles. The van der Waals surface area contributed by atoms with E-state index < -0.39 is 0 Å². The molecule has 1 atom stereocenters. The maximum Gasteiger partial charge on any atom is 0.293 e. The fourth-order valence-corrected chi connectivity index (χ4v) is 4.11. The fourth-order valence-electron chi connectivity index (χ4n) is 2.86. The van der Waals surface area contributed by atoms with Gasteiger partial charge >= 0.3 is 0 Å². The van der Waals surface area contributed by atoms with Gasteiger partial charge in [0.05, 0.1) is 24.2 Å². The van der Waals surface area contributed by atoms with Crippen molar-refractivity contribution >= 4 is 44.9 Å². The zero-order valence-corrected chi connectivity index (χ0v) is 19.6. The third-order valence-electron chi connectivity index (χ3n) is 4.63. The van der Waals surface area contributed by atoms with E-state index in [0.29, 0.717) is 23.0 Å². The quantitative estimate of drug-likeness (QED) is 0.409. The van der Waals surface area contributed by atoms with Gasteiger partial charge in [-0.3, -0.25) is 14.5 Å². The topological polar surface area (TPSA) is 55.8 Å². The molecule has 7 heteroatoms. The number of rotatable bonds is 8. The van der Waals surface area contributed by atoms with Crippen molar-refractivity contribution in [2.45, 2.75) is 39.8 Å². The predicted octanol–water partition coefficient (Wildman–Crippen LogP) is 6.26. The number of hydrogen-bond donors (Lipinski definition) is 0. The minimum absolute atomic E-state index is 0.0730.